The van der Waals surface area contributed by atoms with Crippen LogP contribution in [0.5, 0.6) is 0 Å². The van der Waals surface area contributed by atoms with Crippen LogP contribution in [0.4, 0.5) is 4.79 Å². The van der Waals surface area contributed by atoms with Gasteiger partial charge in [-0.2, -0.15) is 0 Å². The van der Waals surface area contributed by atoms with Gasteiger partial charge in [0, 0.05) is 5.25 Å². The van der Waals surface area contributed by atoms with Gasteiger partial charge in [0.2, 0.25) is 0 Å². The Balaban J connectivity index is 3.49. The van der Waals surface area contributed by atoms with E-state index >= 15 is 0 Å². The molecule has 0 heterocycles. The van der Waals surface area contributed by atoms with E-state index in [9.17, 15) is 4.79 Å². The van der Waals surface area contributed by atoms with Gasteiger partial charge in [-0.15, -0.1) is 0 Å². The molecule has 0 spiro atoms. The van der Waals surface area contributed by atoms with Gasteiger partial charge in [-0.25, -0.2) is 0 Å². The Morgan fingerprint density at radius 2 is 2.20 bits per heavy atom. The van der Waals surface area contributed by atoms with Gasteiger partial charge >= 0.3 is 0 Å². The van der Waals surface area contributed by atoms with Gasteiger partial charge in [-0.3, -0.25) is 4.79 Å². The zero-order valence-electron chi connectivity index (χ0n) is 6.59. The van der Waals surface area contributed by atoms with E-state index in [1.54, 1.807) is 0 Å². The molecule has 0 rings (SSSR count). The molecule has 1 atom stereocenters. The fraction of sp³-hybridized carbons (Fsp3) is 0.857. The normalized spacial score (nSPS) is 13.0. The summed E-state index contributed by atoms with van der Waals surface area (Å²) >= 11 is 1.26. The molecule has 0 aromatic heterocycles. The van der Waals surface area contributed by atoms with Gasteiger partial charge in [-0.05, 0) is 12.8 Å². The minimum atomic E-state index is -0.250. The topological polar surface area (TPSA) is 43.1 Å². The van der Waals surface area contributed by atoms with Crippen LogP contribution in [0.2, 0.25) is 0 Å². The SMILES string of the molecule is CCCC(CC)SC(N)=O. The molecule has 0 aliphatic rings. The molecule has 0 aromatic carbocycles. The number of amides is 1. The van der Waals surface area contributed by atoms with Crippen LogP contribution in [-0.4, -0.2) is 10.5 Å². The second-order valence-corrected chi connectivity index (χ2v) is 3.56. The summed E-state index contributed by atoms with van der Waals surface area (Å²) in [4.78, 5) is 10.4. The molecular formula is C7H15NOS. The minimum absolute atomic E-state index is 0.250. The fourth-order valence-electron chi connectivity index (χ4n) is 0.833. The first-order valence-electron chi connectivity index (χ1n) is 3.66. The highest BCUT2D eigenvalue weighted by atomic mass is 32.2. The second kappa shape index (κ2) is 5.59. The first-order chi connectivity index (χ1) is 4.70. The lowest BCUT2D eigenvalue weighted by Gasteiger charge is -2.08. The van der Waals surface area contributed by atoms with Crippen molar-refractivity contribution in [3.63, 3.8) is 0 Å². The molecule has 0 fully saturated rings. The number of hydrogen-bond acceptors (Lipinski definition) is 2. The average Bonchev–Trinajstić information content (AvgIpc) is 1.86. The van der Waals surface area contributed by atoms with Gasteiger partial charge in [0.25, 0.3) is 5.24 Å². The molecule has 0 saturated carbocycles. The zero-order chi connectivity index (χ0) is 7.98. The number of primary amides is 1. The summed E-state index contributed by atoms with van der Waals surface area (Å²) in [5.41, 5.74) is 5.02. The van der Waals surface area contributed by atoms with Crippen LogP contribution in [0, 0.1) is 0 Å². The van der Waals surface area contributed by atoms with E-state index in [-0.39, 0.29) is 5.24 Å². The third kappa shape index (κ3) is 4.68. The van der Waals surface area contributed by atoms with Gasteiger partial charge in [0.05, 0.1) is 0 Å². The smallest absolute Gasteiger partial charge is 0.276 e. The molecule has 0 radical (unpaired) electrons. The molecule has 0 aromatic rings. The maximum absolute atomic E-state index is 10.4. The number of carbonyl (C=O) groups excluding carboxylic acids is 1. The van der Waals surface area contributed by atoms with Crippen molar-refractivity contribution in [1.29, 1.82) is 0 Å². The third-order valence-electron chi connectivity index (χ3n) is 1.35. The number of hydrogen-bond donors (Lipinski definition) is 1. The van der Waals surface area contributed by atoms with Crippen LogP contribution in [0.1, 0.15) is 33.1 Å². The molecule has 0 bridgehead atoms. The molecule has 0 aliphatic carbocycles. The zero-order valence-corrected chi connectivity index (χ0v) is 7.41. The van der Waals surface area contributed by atoms with Crippen LogP contribution in [0.25, 0.3) is 0 Å². The Labute approximate surface area is 66.6 Å². The van der Waals surface area contributed by atoms with Crippen molar-refractivity contribution in [2.24, 2.45) is 5.73 Å². The lowest BCUT2D eigenvalue weighted by atomic mass is 10.2. The number of carbonyl (C=O) groups is 1. The maximum Gasteiger partial charge on any atom is 0.276 e. The average molecular weight is 161 g/mol. The van der Waals surface area contributed by atoms with Gasteiger partial charge in [0.15, 0.2) is 0 Å². The number of nitrogens with two attached hydrogens (primary N) is 1. The van der Waals surface area contributed by atoms with Crippen molar-refractivity contribution in [2.45, 2.75) is 38.4 Å². The van der Waals surface area contributed by atoms with Gasteiger partial charge in [0.1, 0.15) is 0 Å². The quantitative estimate of drug-likeness (QED) is 0.688. The fourth-order valence-corrected chi connectivity index (χ4v) is 1.68. The monoisotopic (exact) mass is 161 g/mol. The highest BCUT2D eigenvalue weighted by Crippen LogP contribution is 2.18. The maximum atomic E-state index is 10.4. The van der Waals surface area contributed by atoms with Crippen molar-refractivity contribution in [1.82, 2.24) is 0 Å². The van der Waals surface area contributed by atoms with E-state index in [4.69, 9.17) is 5.73 Å². The minimum Gasteiger partial charge on any atom is -0.361 e. The molecule has 10 heavy (non-hydrogen) atoms. The molecule has 3 heteroatoms. The Morgan fingerprint density at radius 3 is 2.50 bits per heavy atom. The van der Waals surface area contributed by atoms with Crippen LogP contribution in [0.15, 0.2) is 0 Å². The van der Waals surface area contributed by atoms with E-state index in [0.717, 1.165) is 19.3 Å². The molecule has 60 valence electrons. The van der Waals surface area contributed by atoms with Crippen molar-refractivity contribution in [2.75, 3.05) is 0 Å². The summed E-state index contributed by atoms with van der Waals surface area (Å²) in [6.07, 6.45) is 3.24. The lowest BCUT2D eigenvalue weighted by Crippen LogP contribution is -2.10. The highest BCUT2D eigenvalue weighted by Gasteiger charge is 2.07. The van der Waals surface area contributed by atoms with Crippen molar-refractivity contribution in [3.8, 4) is 0 Å². The summed E-state index contributed by atoms with van der Waals surface area (Å²) in [6.45, 7) is 4.19. The summed E-state index contributed by atoms with van der Waals surface area (Å²) in [5.74, 6) is 0. The highest BCUT2D eigenvalue weighted by molar-refractivity contribution is 8.14. The van der Waals surface area contributed by atoms with Crippen LogP contribution < -0.4 is 5.73 Å². The van der Waals surface area contributed by atoms with Crippen LogP contribution in [-0.2, 0) is 0 Å². The first kappa shape index (κ1) is 9.82. The van der Waals surface area contributed by atoms with E-state index < -0.39 is 0 Å². The second-order valence-electron chi connectivity index (χ2n) is 2.26. The van der Waals surface area contributed by atoms with E-state index in [2.05, 4.69) is 13.8 Å². The predicted octanol–water partition coefficient (Wildman–Crippen LogP) is 2.38. The molecule has 0 aliphatic heterocycles. The number of thioether (sulfide) groups is 1. The van der Waals surface area contributed by atoms with Crippen molar-refractivity contribution >= 4 is 17.0 Å². The lowest BCUT2D eigenvalue weighted by molar-refractivity contribution is 0.267. The number of rotatable bonds is 4. The van der Waals surface area contributed by atoms with E-state index in [0.29, 0.717) is 5.25 Å². The summed E-state index contributed by atoms with van der Waals surface area (Å²) < 4.78 is 0. The molecule has 2 nitrogen and oxygen atoms in total. The largest absolute Gasteiger partial charge is 0.361 e. The van der Waals surface area contributed by atoms with Crippen LogP contribution >= 0.6 is 11.8 Å². The summed E-state index contributed by atoms with van der Waals surface area (Å²) in [6, 6.07) is 0. The molecule has 1 amide bonds. The third-order valence-corrected chi connectivity index (χ3v) is 2.48. The Kier molecular flexibility index (Phi) is 5.49. The van der Waals surface area contributed by atoms with Gasteiger partial charge in [-0.1, -0.05) is 32.0 Å². The van der Waals surface area contributed by atoms with E-state index in [1.807, 2.05) is 0 Å². The first-order valence-corrected chi connectivity index (χ1v) is 4.54. The predicted molar refractivity (Wildman–Crippen MR) is 46.2 cm³/mol. The standard InChI is InChI=1S/C7H15NOS/c1-3-5-6(4-2)10-7(8)9/h6H,3-5H2,1-2H3,(H2,8,9). The molecule has 1 unspecified atom stereocenters. The Hall–Kier alpha value is -0.180. The van der Waals surface area contributed by atoms with Gasteiger partial charge < -0.3 is 5.73 Å². The van der Waals surface area contributed by atoms with Crippen LogP contribution in [0.3, 0.4) is 0 Å². The Morgan fingerprint density at radius 1 is 1.60 bits per heavy atom. The van der Waals surface area contributed by atoms with Crippen molar-refractivity contribution in [3.05, 3.63) is 0 Å². The summed E-state index contributed by atoms with van der Waals surface area (Å²) in [5, 5.41) is 0.183. The molecule has 2 N–H and O–H groups in total. The molecule has 0 saturated heterocycles. The molecular weight excluding hydrogens is 146 g/mol. The summed E-state index contributed by atoms with van der Waals surface area (Å²) in [7, 11) is 0. The Bertz CT molecular complexity index is 106. The van der Waals surface area contributed by atoms with Crippen molar-refractivity contribution < 1.29 is 4.79 Å². The van der Waals surface area contributed by atoms with E-state index in [1.165, 1.54) is 11.8 Å².